The molecule has 0 spiro atoms. The van der Waals surface area contributed by atoms with Crippen molar-refractivity contribution >= 4 is 40.6 Å². The van der Waals surface area contributed by atoms with Crippen molar-refractivity contribution in [2.75, 3.05) is 23.9 Å². The van der Waals surface area contributed by atoms with Crippen LogP contribution in [0.2, 0.25) is 0 Å². The zero-order chi connectivity index (χ0) is 20.9. The highest BCUT2D eigenvalue weighted by Gasteiger charge is 2.30. The number of amides is 2. The molecule has 0 radical (unpaired) electrons. The minimum absolute atomic E-state index is 0.0866. The Morgan fingerprint density at radius 1 is 1.20 bits per heavy atom. The lowest BCUT2D eigenvalue weighted by atomic mass is 10.2. The maximum atomic E-state index is 12.8. The number of benzene rings is 2. The van der Waals surface area contributed by atoms with Gasteiger partial charge in [-0.1, -0.05) is 24.3 Å². The number of rotatable bonds is 7. The molecule has 0 unspecified atom stereocenters. The third kappa shape index (κ3) is 4.51. The van der Waals surface area contributed by atoms with E-state index in [4.69, 9.17) is 9.47 Å². The van der Waals surface area contributed by atoms with Gasteiger partial charge in [-0.15, -0.1) is 0 Å². The number of aromatic nitrogens is 2. The summed E-state index contributed by atoms with van der Waals surface area (Å²) < 4.78 is 11.3. The van der Waals surface area contributed by atoms with Crippen molar-refractivity contribution in [1.82, 2.24) is 15.3 Å². The normalized spacial score (nSPS) is 16.1. The third-order valence-corrected chi connectivity index (χ3v) is 5.32. The molecule has 4 rings (SSSR count). The number of para-hydroxylation sites is 4. The van der Waals surface area contributed by atoms with E-state index in [-0.39, 0.29) is 12.5 Å². The van der Waals surface area contributed by atoms with Crippen LogP contribution in [0.4, 0.5) is 5.95 Å². The average Bonchev–Trinajstić information content (AvgIpc) is 3.18. The van der Waals surface area contributed by atoms with Crippen LogP contribution in [-0.4, -0.2) is 52.5 Å². The molecule has 2 heterocycles. The van der Waals surface area contributed by atoms with Gasteiger partial charge in [0, 0.05) is 0 Å². The van der Waals surface area contributed by atoms with E-state index in [2.05, 4.69) is 20.6 Å². The van der Waals surface area contributed by atoms with Crippen LogP contribution in [0.25, 0.3) is 11.0 Å². The number of carbonyl (C=O) groups excluding carboxylic acids is 2. The quantitative estimate of drug-likeness (QED) is 0.536. The maximum Gasteiger partial charge on any atom is 0.265 e. The summed E-state index contributed by atoms with van der Waals surface area (Å²) in [5.41, 5.74) is 1.58. The Bertz CT molecular complexity index is 1020. The summed E-state index contributed by atoms with van der Waals surface area (Å²) in [6.07, 6.45) is 1.60. The van der Waals surface area contributed by atoms with E-state index < -0.39 is 18.1 Å². The van der Waals surface area contributed by atoms with Crippen LogP contribution in [-0.2, 0) is 9.59 Å². The van der Waals surface area contributed by atoms with E-state index in [0.29, 0.717) is 29.6 Å². The van der Waals surface area contributed by atoms with Gasteiger partial charge in [-0.05, 0) is 42.7 Å². The second kappa shape index (κ2) is 9.08. The lowest BCUT2D eigenvalue weighted by Gasteiger charge is -2.27. The molecule has 3 N–H and O–H groups in total. The summed E-state index contributed by atoms with van der Waals surface area (Å²) in [5.74, 6) is 1.43. The van der Waals surface area contributed by atoms with E-state index in [1.807, 2.05) is 42.7 Å². The number of imidazole rings is 1. The molecule has 3 aromatic rings. The molecule has 8 nitrogen and oxygen atoms in total. The number of anilines is 1. The molecule has 9 heteroatoms. The van der Waals surface area contributed by atoms with Crippen molar-refractivity contribution in [3.8, 4) is 11.5 Å². The lowest BCUT2D eigenvalue weighted by Crippen LogP contribution is -2.51. The van der Waals surface area contributed by atoms with Gasteiger partial charge >= 0.3 is 0 Å². The van der Waals surface area contributed by atoms with Gasteiger partial charge in [-0.2, -0.15) is 11.8 Å². The average molecular weight is 426 g/mol. The molecule has 0 saturated heterocycles. The summed E-state index contributed by atoms with van der Waals surface area (Å²) >= 11 is 1.60. The molecule has 0 bridgehead atoms. The van der Waals surface area contributed by atoms with Gasteiger partial charge in [-0.25, -0.2) is 4.98 Å². The van der Waals surface area contributed by atoms with Gasteiger partial charge in [0.1, 0.15) is 12.6 Å². The van der Waals surface area contributed by atoms with Crippen LogP contribution in [0, 0.1) is 0 Å². The molecule has 1 aliphatic heterocycles. The fraction of sp³-hybridized carbons (Fsp3) is 0.286. The van der Waals surface area contributed by atoms with Crippen LogP contribution in [0.3, 0.4) is 0 Å². The summed E-state index contributed by atoms with van der Waals surface area (Å²) in [4.78, 5) is 33.0. The van der Waals surface area contributed by atoms with Gasteiger partial charge in [0.25, 0.3) is 5.91 Å². The first kappa shape index (κ1) is 20.1. The number of fused-ring (bicyclic) bond motifs is 2. The van der Waals surface area contributed by atoms with Crippen molar-refractivity contribution in [3.63, 3.8) is 0 Å². The molecule has 1 aromatic heterocycles. The Kier molecular flexibility index (Phi) is 6.08. The highest BCUT2D eigenvalue weighted by molar-refractivity contribution is 7.98. The molecule has 156 valence electrons. The van der Waals surface area contributed by atoms with Crippen molar-refractivity contribution in [2.24, 2.45) is 0 Å². The van der Waals surface area contributed by atoms with Gasteiger partial charge in [0.2, 0.25) is 18.0 Å². The van der Waals surface area contributed by atoms with Crippen LogP contribution in [0.15, 0.2) is 48.5 Å². The molecule has 0 aliphatic carbocycles. The second-order valence-corrected chi connectivity index (χ2v) is 7.78. The van der Waals surface area contributed by atoms with Crippen LogP contribution in [0.5, 0.6) is 11.5 Å². The SMILES string of the molecule is CSCC[C@H](NC(=O)[C@@H]1COc2ccccc2O1)C(=O)Nc1nc2ccccc2[nH]1. The number of thioether (sulfide) groups is 1. The number of hydrogen-bond acceptors (Lipinski definition) is 6. The van der Waals surface area contributed by atoms with Gasteiger partial charge in [0.05, 0.1) is 11.0 Å². The summed E-state index contributed by atoms with van der Waals surface area (Å²) in [6.45, 7) is 0.0866. The number of nitrogens with zero attached hydrogens (tertiary/aromatic N) is 1. The summed E-state index contributed by atoms with van der Waals surface area (Å²) in [7, 11) is 0. The molecule has 0 saturated carbocycles. The molecular formula is C21H22N4O4S. The van der Waals surface area contributed by atoms with E-state index in [9.17, 15) is 9.59 Å². The number of nitrogens with one attached hydrogen (secondary N) is 3. The Balaban J connectivity index is 1.42. The van der Waals surface area contributed by atoms with Crippen LogP contribution in [0.1, 0.15) is 6.42 Å². The Morgan fingerprint density at radius 3 is 2.77 bits per heavy atom. The molecular weight excluding hydrogens is 404 g/mol. The zero-order valence-corrected chi connectivity index (χ0v) is 17.2. The standard InChI is InChI=1S/C21H22N4O4S/c1-30-11-10-15(19(26)25-21-23-13-6-2-3-7-14(13)24-21)22-20(27)18-12-28-16-8-4-5-9-17(16)29-18/h2-9,15,18H,10-12H2,1H3,(H,22,27)(H2,23,24,25,26)/t15-,18-/m0/s1. The number of aromatic amines is 1. The molecule has 1 aliphatic rings. The van der Waals surface area contributed by atoms with Crippen LogP contribution >= 0.6 is 11.8 Å². The van der Waals surface area contributed by atoms with E-state index in [1.54, 1.807) is 23.9 Å². The Labute approximate surface area is 177 Å². The Hall–Kier alpha value is -3.20. The fourth-order valence-electron chi connectivity index (χ4n) is 3.13. The first-order chi connectivity index (χ1) is 14.6. The summed E-state index contributed by atoms with van der Waals surface area (Å²) in [6, 6.07) is 13.9. The smallest absolute Gasteiger partial charge is 0.265 e. The molecule has 0 fully saturated rings. The zero-order valence-electron chi connectivity index (χ0n) is 16.4. The van der Waals surface area contributed by atoms with Crippen molar-refractivity contribution in [3.05, 3.63) is 48.5 Å². The van der Waals surface area contributed by atoms with Crippen molar-refractivity contribution in [2.45, 2.75) is 18.6 Å². The molecule has 2 aromatic carbocycles. The lowest BCUT2D eigenvalue weighted by molar-refractivity contribution is -0.133. The number of H-pyrrole nitrogens is 1. The molecule has 2 amide bonds. The summed E-state index contributed by atoms with van der Waals surface area (Å²) in [5, 5.41) is 5.56. The number of ether oxygens (including phenoxy) is 2. The first-order valence-corrected chi connectivity index (χ1v) is 11.0. The maximum absolute atomic E-state index is 12.8. The first-order valence-electron chi connectivity index (χ1n) is 9.57. The van der Waals surface area contributed by atoms with E-state index in [0.717, 1.165) is 11.0 Å². The monoisotopic (exact) mass is 426 g/mol. The predicted octanol–water partition coefficient (Wildman–Crippen LogP) is 2.58. The minimum atomic E-state index is -0.823. The van der Waals surface area contributed by atoms with Gasteiger partial charge in [0.15, 0.2) is 11.5 Å². The van der Waals surface area contributed by atoms with Crippen molar-refractivity contribution in [1.29, 1.82) is 0 Å². The molecule has 2 atom stereocenters. The number of carbonyl (C=O) groups is 2. The van der Waals surface area contributed by atoms with Crippen LogP contribution < -0.4 is 20.1 Å². The third-order valence-electron chi connectivity index (χ3n) is 4.68. The van der Waals surface area contributed by atoms with Crippen molar-refractivity contribution < 1.29 is 19.1 Å². The fourth-order valence-corrected chi connectivity index (χ4v) is 3.61. The van der Waals surface area contributed by atoms with E-state index in [1.165, 1.54) is 0 Å². The second-order valence-electron chi connectivity index (χ2n) is 6.80. The van der Waals surface area contributed by atoms with Gasteiger partial charge in [-0.3, -0.25) is 14.9 Å². The minimum Gasteiger partial charge on any atom is -0.485 e. The Morgan fingerprint density at radius 2 is 1.97 bits per heavy atom. The highest BCUT2D eigenvalue weighted by atomic mass is 32.2. The topological polar surface area (TPSA) is 105 Å². The molecule has 30 heavy (non-hydrogen) atoms. The van der Waals surface area contributed by atoms with E-state index >= 15 is 0 Å². The largest absolute Gasteiger partial charge is 0.485 e. The van der Waals surface area contributed by atoms with Gasteiger partial charge < -0.3 is 19.8 Å². The number of hydrogen-bond donors (Lipinski definition) is 3. The predicted molar refractivity (Wildman–Crippen MR) is 116 cm³/mol. The highest BCUT2D eigenvalue weighted by Crippen LogP contribution is 2.30.